The standard InChI is InChI=1S/C8H10O.C7H17NO/c1-9-7-8-5-3-2-4-6-8;1-4-8(5-2)6-7-9-3/h2-6H,7H2,1H3;4-7H2,1-3H3. The predicted molar refractivity (Wildman–Crippen MR) is 76.8 cm³/mol. The summed E-state index contributed by atoms with van der Waals surface area (Å²) < 4.78 is 9.86. The molecule has 3 nitrogen and oxygen atoms in total. The fourth-order valence-corrected chi connectivity index (χ4v) is 1.50. The molecule has 0 aliphatic rings. The minimum Gasteiger partial charge on any atom is -0.383 e. The van der Waals surface area contributed by atoms with Gasteiger partial charge in [-0.05, 0) is 18.7 Å². The third-order valence-electron chi connectivity index (χ3n) is 2.66. The highest BCUT2D eigenvalue weighted by molar-refractivity contribution is 5.13. The van der Waals surface area contributed by atoms with Crippen molar-refractivity contribution in [3.63, 3.8) is 0 Å². The Kier molecular flexibility index (Phi) is 11.9. The Bertz CT molecular complexity index is 260. The topological polar surface area (TPSA) is 21.7 Å². The molecule has 3 heteroatoms. The number of nitrogens with zero attached hydrogens (tertiary/aromatic N) is 1. The lowest BCUT2D eigenvalue weighted by Gasteiger charge is -2.16. The molecule has 0 amide bonds. The van der Waals surface area contributed by atoms with Crippen LogP contribution in [0.5, 0.6) is 0 Å². The van der Waals surface area contributed by atoms with Gasteiger partial charge in [0, 0.05) is 20.8 Å². The first kappa shape index (κ1) is 17.1. The number of methoxy groups -OCH3 is 2. The lowest BCUT2D eigenvalue weighted by atomic mass is 10.2. The fourth-order valence-electron chi connectivity index (χ4n) is 1.50. The van der Waals surface area contributed by atoms with E-state index < -0.39 is 0 Å². The van der Waals surface area contributed by atoms with E-state index in [1.54, 1.807) is 14.2 Å². The van der Waals surface area contributed by atoms with Gasteiger partial charge in [-0.3, -0.25) is 0 Å². The van der Waals surface area contributed by atoms with Crippen LogP contribution in [0.1, 0.15) is 19.4 Å². The van der Waals surface area contributed by atoms with Gasteiger partial charge in [0.25, 0.3) is 0 Å². The van der Waals surface area contributed by atoms with Gasteiger partial charge in [-0.2, -0.15) is 0 Å². The van der Waals surface area contributed by atoms with Crippen LogP contribution in [0.25, 0.3) is 0 Å². The summed E-state index contributed by atoms with van der Waals surface area (Å²) >= 11 is 0. The van der Waals surface area contributed by atoms with Gasteiger partial charge in [0.05, 0.1) is 13.2 Å². The molecule has 0 saturated carbocycles. The van der Waals surface area contributed by atoms with Gasteiger partial charge in [0.15, 0.2) is 0 Å². The third kappa shape index (κ3) is 9.16. The van der Waals surface area contributed by atoms with Crippen LogP contribution in [-0.2, 0) is 16.1 Å². The number of ether oxygens (including phenoxy) is 2. The maximum atomic E-state index is 4.93. The molecule has 0 aromatic heterocycles. The van der Waals surface area contributed by atoms with Crippen LogP contribution in [0.2, 0.25) is 0 Å². The smallest absolute Gasteiger partial charge is 0.0713 e. The van der Waals surface area contributed by atoms with E-state index in [1.165, 1.54) is 5.56 Å². The molecule has 104 valence electrons. The second-order valence-corrected chi connectivity index (χ2v) is 3.94. The molecule has 0 fully saturated rings. The van der Waals surface area contributed by atoms with Crippen molar-refractivity contribution in [3.8, 4) is 0 Å². The Morgan fingerprint density at radius 3 is 2.00 bits per heavy atom. The Balaban J connectivity index is 0.000000321. The van der Waals surface area contributed by atoms with Gasteiger partial charge < -0.3 is 14.4 Å². The molecule has 0 aliphatic heterocycles. The Morgan fingerprint density at radius 1 is 0.944 bits per heavy atom. The molecule has 0 unspecified atom stereocenters. The van der Waals surface area contributed by atoms with Crippen LogP contribution in [0.4, 0.5) is 0 Å². The summed E-state index contributed by atoms with van der Waals surface area (Å²) in [5.74, 6) is 0. The van der Waals surface area contributed by atoms with Gasteiger partial charge in [0.2, 0.25) is 0 Å². The summed E-state index contributed by atoms with van der Waals surface area (Å²) in [4.78, 5) is 2.34. The number of hydrogen-bond acceptors (Lipinski definition) is 3. The van der Waals surface area contributed by atoms with Crippen LogP contribution in [0, 0.1) is 0 Å². The first-order valence-corrected chi connectivity index (χ1v) is 6.52. The van der Waals surface area contributed by atoms with Crippen molar-refractivity contribution in [2.75, 3.05) is 40.5 Å². The molecule has 0 N–H and O–H groups in total. The predicted octanol–water partition coefficient (Wildman–Crippen LogP) is 2.81. The number of rotatable bonds is 7. The van der Waals surface area contributed by atoms with E-state index in [0.29, 0.717) is 6.61 Å². The van der Waals surface area contributed by atoms with Crippen molar-refractivity contribution in [1.29, 1.82) is 0 Å². The van der Waals surface area contributed by atoms with E-state index in [2.05, 4.69) is 18.7 Å². The molecule has 0 saturated heterocycles. The van der Waals surface area contributed by atoms with Crippen LogP contribution in [0.3, 0.4) is 0 Å². The Hall–Kier alpha value is -0.900. The zero-order valence-corrected chi connectivity index (χ0v) is 12.2. The van der Waals surface area contributed by atoms with Crippen molar-refractivity contribution in [3.05, 3.63) is 35.9 Å². The average molecular weight is 253 g/mol. The molecular formula is C15H27NO2. The molecule has 18 heavy (non-hydrogen) atoms. The minimum absolute atomic E-state index is 0.709. The summed E-state index contributed by atoms with van der Waals surface area (Å²) in [6.45, 7) is 9.20. The molecule has 0 spiro atoms. The van der Waals surface area contributed by atoms with E-state index in [9.17, 15) is 0 Å². The van der Waals surface area contributed by atoms with Crippen molar-refractivity contribution in [2.45, 2.75) is 20.5 Å². The van der Waals surface area contributed by atoms with E-state index in [4.69, 9.17) is 9.47 Å². The monoisotopic (exact) mass is 253 g/mol. The second-order valence-electron chi connectivity index (χ2n) is 3.94. The SMILES string of the molecule is CCN(CC)CCOC.COCc1ccccc1. The van der Waals surface area contributed by atoms with Gasteiger partial charge in [0.1, 0.15) is 0 Å². The van der Waals surface area contributed by atoms with Gasteiger partial charge in [-0.25, -0.2) is 0 Å². The fraction of sp³-hybridized carbons (Fsp3) is 0.600. The lowest BCUT2D eigenvalue weighted by Crippen LogP contribution is -2.26. The molecule has 0 bridgehead atoms. The van der Waals surface area contributed by atoms with Gasteiger partial charge in [-0.15, -0.1) is 0 Å². The zero-order chi connectivity index (χ0) is 13.6. The van der Waals surface area contributed by atoms with Crippen molar-refractivity contribution >= 4 is 0 Å². The van der Waals surface area contributed by atoms with Gasteiger partial charge >= 0.3 is 0 Å². The molecule has 0 heterocycles. The third-order valence-corrected chi connectivity index (χ3v) is 2.66. The highest BCUT2D eigenvalue weighted by Crippen LogP contribution is 1.98. The highest BCUT2D eigenvalue weighted by Gasteiger charge is 1.95. The van der Waals surface area contributed by atoms with Gasteiger partial charge in [-0.1, -0.05) is 44.2 Å². The molecule has 1 aromatic carbocycles. The molecule has 0 radical (unpaired) electrons. The largest absolute Gasteiger partial charge is 0.383 e. The number of benzene rings is 1. The quantitative estimate of drug-likeness (QED) is 0.746. The Morgan fingerprint density at radius 2 is 1.56 bits per heavy atom. The molecular weight excluding hydrogens is 226 g/mol. The van der Waals surface area contributed by atoms with Crippen molar-refractivity contribution < 1.29 is 9.47 Å². The second kappa shape index (κ2) is 12.6. The van der Waals surface area contributed by atoms with Crippen LogP contribution >= 0.6 is 0 Å². The molecule has 0 atom stereocenters. The molecule has 0 aliphatic carbocycles. The highest BCUT2D eigenvalue weighted by atomic mass is 16.5. The van der Waals surface area contributed by atoms with E-state index >= 15 is 0 Å². The Labute approximate surface area is 112 Å². The molecule has 1 aromatic rings. The average Bonchev–Trinajstić information content (AvgIpc) is 2.42. The normalized spacial score (nSPS) is 10.1. The zero-order valence-electron chi connectivity index (χ0n) is 12.2. The van der Waals surface area contributed by atoms with Crippen LogP contribution < -0.4 is 0 Å². The van der Waals surface area contributed by atoms with E-state index in [-0.39, 0.29) is 0 Å². The maximum absolute atomic E-state index is 4.93. The summed E-state index contributed by atoms with van der Waals surface area (Å²) in [5.41, 5.74) is 1.22. The first-order valence-electron chi connectivity index (χ1n) is 6.52. The van der Waals surface area contributed by atoms with Crippen molar-refractivity contribution in [1.82, 2.24) is 4.90 Å². The van der Waals surface area contributed by atoms with E-state index in [1.807, 2.05) is 30.3 Å². The molecule has 1 rings (SSSR count). The van der Waals surface area contributed by atoms with E-state index in [0.717, 1.165) is 26.2 Å². The summed E-state index contributed by atoms with van der Waals surface area (Å²) in [7, 11) is 3.44. The van der Waals surface area contributed by atoms with Crippen LogP contribution in [0.15, 0.2) is 30.3 Å². The lowest BCUT2D eigenvalue weighted by molar-refractivity contribution is 0.154. The summed E-state index contributed by atoms with van der Waals surface area (Å²) in [6.07, 6.45) is 0. The maximum Gasteiger partial charge on any atom is 0.0713 e. The van der Waals surface area contributed by atoms with Crippen molar-refractivity contribution in [2.24, 2.45) is 0 Å². The number of likely N-dealkylation sites (N-methyl/N-ethyl adjacent to an activating group) is 1. The van der Waals surface area contributed by atoms with Crippen LogP contribution in [-0.4, -0.2) is 45.4 Å². The first-order chi connectivity index (χ1) is 8.78. The number of hydrogen-bond donors (Lipinski definition) is 0. The summed E-state index contributed by atoms with van der Waals surface area (Å²) in [5, 5.41) is 0. The summed E-state index contributed by atoms with van der Waals surface area (Å²) in [6, 6.07) is 10.1. The minimum atomic E-state index is 0.709.